The average Bonchev–Trinajstić information content (AvgIpc) is 2.60. The van der Waals surface area contributed by atoms with Crippen molar-refractivity contribution in [1.82, 2.24) is 15.1 Å². The first-order valence-electron chi connectivity index (χ1n) is 8.57. The summed E-state index contributed by atoms with van der Waals surface area (Å²) in [6, 6.07) is 7.94. The molecule has 1 atom stereocenters. The third kappa shape index (κ3) is 6.06. The van der Waals surface area contributed by atoms with E-state index in [1.165, 1.54) is 5.56 Å². The molecule has 1 aliphatic rings. The van der Waals surface area contributed by atoms with Gasteiger partial charge in [0.2, 0.25) is 5.91 Å². The van der Waals surface area contributed by atoms with E-state index in [9.17, 15) is 4.79 Å². The Hall–Kier alpha value is -1.14. The first kappa shape index (κ1) is 19.2. The number of hydrogen-bond acceptors (Lipinski definition) is 4. The highest BCUT2D eigenvalue weighted by atomic mass is 35.5. The van der Waals surface area contributed by atoms with Crippen molar-refractivity contribution in [2.24, 2.45) is 0 Å². The van der Waals surface area contributed by atoms with Crippen LogP contribution in [0.15, 0.2) is 24.3 Å². The molecule has 24 heavy (non-hydrogen) atoms. The number of halogens is 1. The van der Waals surface area contributed by atoms with Gasteiger partial charge >= 0.3 is 0 Å². The third-order valence-electron chi connectivity index (χ3n) is 4.48. The monoisotopic (exact) mass is 353 g/mol. The third-order valence-corrected chi connectivity index (χ3v) is 4.73. The molecular formula is C18H28ClN3O2. The van der Waals surface area contributed by atoms with E-state index in [1.54, 1.807) is 7.11 Å². The molecule has 5 nitrogen and oxygen atoms in total. The van der Waals surface area contributed by atoms with Crippen LogP contribution >= 0.6 is 11.6 Å². The van der Waals surface area contributed by atoms with Gasteiger partial charge in [-0.15, -0.1) is 0 Å². The van der Waals surface area contributed by atoms with Crippen molar-refractivity contribution >= 4 is 17.5 Å². The second kappa shape index (κ2) is 9.99. The van der Waals surface area contributed by atoms with E-state index in [1.807, 2.05) is 19.1 Å². The zero-order chi connectivity index (χ0) is 17.4. The van der Waals surface area contributed by atoms with Gasteiger partial charge in [0, 0.05) is 58.0 Å². The predicted octanol–water partition coefficient (Wildman–Crippen LogP) is 2.00. The number of nitrogens with zero attached hydrogens (tertiary/aromatic N) is 2. The maximum Gasteiger partial charge on any atom is 0.237 e. The molecule has 1 amide bonds. The van der Waals surface area contributed by atoms with Gasteiger partial charge < -0.3 is 10.1 Å². The number of nitrogens with one attached hydrogen (secondary N) is 1. The number of hydrogen-bond donors (Lipinski definition) is 1. The largest absolute Gasteiger partial charge is 0.385 e. The van der Waals surface area contributed by atoms with Gasteiger partial charge in [-0.05, 0) is 31.0 Å². The standard InChI is InChI=1S/C18H28ClN3O2/c1-15(18(23)20-8-3-13-24-2)22-11-9-21(10-12-22)14-16-4-6-17(19)7-5-16/h4-7,15H,3,8-14H2,1-2H3,(H,20,23). The molecular weight excluding hydrogens is 326 g/mol. The summed E-state index contributed by atoms with van der Waals surface area (Å²) in [5, 5.41) is 3.76. The van der Waals surface area contributed by atoms with Crippen molar-refractivity contribution in [2.75, 3.05) is 46.4 Å². The summed E-state index contributed by atoms with van der Waals surface area (Å²) in [5.74, 6) is 0.109. The zero-order valence-corrected chi connectivity index (χ0v) is 15.4. The molecule has 1 aromatic carbocycles. The number of rotatable bonds is 8. The highest BCUT2D eigenvalue weighted by molar-refractivity contribution is 6.30. The van der Waals surface area contributed by atoms with E-state index in [-0.39, 0.29) is 11.9 Å². The van der Waals surface area contributed by atoms with E-state index >= 15 is 0 Å². The summed E-state index contributed by atoms with van der Waals surface area (Å²) in [5.41, 5.74) is 1.27. The molecule has 1 aromatic rings. The van der Waals surface area contributed by atoms with E-state index < -0.39 is 0 Å². The Morgan fingerprint density at radius 3 is 2.54 bits per heavy atom. The summed E-state index contributed by atoms with van der Waals surface area (Å²) >= 11 is 5.93. The molecule has 0 bridgehead atoms. The van der Waals surface area contributed by atoms with Gasteiger partial charge in [-0.25, -0.2) is 0 Å². The minimum atomic E-state index is -0.0785. The minimum absolute atomic E-state index is 0.0785. The van der Waals surface area contributed by atoms with Crippen LogP contribution in [0, 0.1) is 0 Å². The number of ether oxygens (including phenoxy) is 1. The summed E-state index contributed by atoms with van der Waals surface area (Å²) < 4.78 is 4.99. The van der Waals surface area contributed by atoms with Crippen LogP contribution in [-0.2, 0) is 16.1 Å². The number of benzene rings is 1. The van der Waals surface area contributed by atoms with Gasteiger partial charge in [-0.2, -0.15) is 0 Å². The molecule has 1 unspecified atom stereocenters. The van der Waals surface area contributed by atoms with Crippen LogP contribution in [0.5, 0.6) is 0 Å². The van der Waals surface area contributed by atoms with Crippen molar-refractivity contribution in [2.45, 2.75) is 25.9 Å². The molecule has 1 N–H and O–H groups in total. The molecule has 1 heterocycles. The average molecular weight is 354 g/mol. The van der Waals surface area contributed by atoms with Crippen LogP contribution < -0.4 is 5.32 Å². The molecule has 1 aliphatic heterocycles. The lowest BCUT2D eigenvalue weighted by Gasteiger charge is -2.37. The first-order valence-corrected chi connectivity index (χ1v) is 8.95. The Balaban J connectivity index is 1.71. The van der Waals surface area contributed by atoms with E-state index in [0.29, 0.717) is 13.2 Å². The SMILES string of the molecule is COCCCNC(=O)C(C)N1CCN(Cc2ccc(Cl)cc2)CC1. The van der Waals surface area contributed by atoms with Crippen LogP contribution in [0.3, 0.4) is 0 Å². The van der Waals surface area contributed by atoms with Gasteiger partial charge in [-0.1, -0.05) is 23.7 Å². The molecule has 0 aromatic heterocycles. The van der Waals surface area contributed by atoms with Gasteiger partial charge in [0.1, 0.15) is 0 Å². The van der Waals surface area contributed by atoms with Gasteiger partial charge in [0.05, 0.1) is 6.04 Å². The van der Waals surface area contributed by atoms with Crippen LogP contribution in [-0.4, -0.2) is 68.2 Å². The zero-order valence-electron chi connectivity index (χ0n) is 14.6. The highest BCUT2D eigenvalue weighted by Gasteiger charge is 2.25. The second-order valence-corrected chi connectivity index (χ2v) is 6.69. The quantitative estimate of drug-likeness (QED) is 0.726. The lowest BCUT2D eigenvalue weighted by molar-refractivity contribution is -0.126. The number of carbonyl (C=O) groups is 1. The van der Waals surface area contributed by atoms with Crippen molar-refractivity contribution in [3.05, 3.63) is 34.9 Å². The van der Waals surface area contributed by atoms with Crippen LogP contribution in [0.25, 0.3) is 0 Å². The molecule has 134 valence electrons. The lowest BCUT2D eigenvalue weighted by atomic mass is 10.1. The fraction of sp³-hybridized carbons (Fsp3) is 0.611. The molecule has 0 saturated carbocycles. The highest BCUT2D eigenvalue weighted by Crippen LogP contribution is 2.13. The van der Waals surface area contributed by atoms with Gasteiger partial charge in [0.15, 0.2) is 0 Å². The van der Waals surface area contributed by atoms with Crippen molar-refractivity contribution in [3.63, 3.8) is 0 Å². The fourth-order valence-electron chi connectivity index (χ4n) is 2.90. The molecule has 0 spiro atoms. The van der Waals surface area contributed by atoms with Gasteiger partial charge in [-0.3, -0.25) is 14.6 Å². The summed E-state index contributed by atoms with van der Waals surface area (Å²) in [4.78, 5) is 16.9. The minimum Gasteiger partial charge on any atom is -0.385 e. The van der Waals surface area contributed by atoms with Crippen LogP contribution in [0.2, 0.25) is 5.02 Å². The molecule has 0 radical (unpaired) electrons. The molecule has 6 heteroatoms. The van der Waals surface area contributed by atoms with Gasteiger partial charge in [0.25, 0.3) is 0 Å². The topological polar surface area (TPSA) is 44.8 Å². The maximum absolute atomic E-state index is 12.2. The van der Waals surface area contributed by atoms with E-state index in [0.717, 1.165) is 44.2 Å². The second-order valence-electron chi connectivity index (χ2n) is 6.25. The Bertz CT molecular complexity index is 501. The van der Waals surface area contributed by atoms with Crippen molar-refractivity contribution in [1.29, 1.82) is 0 Å². The Labute approximate surface area is 149 Å². The summed E-state index contributed by atoms with van der Waals surface area (Å²) in [7, 11) is 1.67. The maximum atomic E-state index is 12.2. The fourth-order valence-corrected chi connectivity index (χ4v) is 3.02. The Kier molecular flexibility index (Phi) is 7.99. The molecule has 1 saturated heterocycles. The first-order chi connectivity index (χ1) is 11.6. The van der Waals surface area contributed by atoms with Crippen molar-refractivity contribution in [3.8, 4) is 0 Å². The number of piperazine rings is 1. The Morgan fingerprint density at radius 1 is 1.25 bits per heavy atom. The number of amides is 1. The van der Waals surface area contributed by atoms with E-state index in [4.69, 9.17) is 16.3 Å². The van der Waals surface area contributed by atoms with Crippen molar-refractivity contribution < 1.29 is 9.53 Å². The molecule has 0 aliphatic carbocycles. The molecule has 1 fully saturated rings. The molecule has 2 rings (SSSR count). The summed E-state index contributed by atoms with van der Waals surface area (Å²) in [6.07, 6.45) is 0.851. The number of methoxy groups -OCH3 is 1. The summed E-state index contributed by atoms with van der Waals surface area (Å²) in [6.45, 7) is 8.06. The normalized spacial score (nSPS) is 17.6. The predicted molar refractivity (Wildman–Crippen MR) is 97.3 cm³/mol. The smallest absolute Gasteiger partial charge is 0.237 e. The lowest BCUT2D eigenvalue weighted by Crippen LogP contribution is -2.53. The van der Waals surface area contributed by atoms with E-state index in [2.05, 4.69) is 27.2 Å². The number of carbonyl (C=O) groups excluding carboxylic acids is 1. The Morgan fingerprint density at radius 2 is 1.92 bits per heavy atom. The van der Waals surface area contributed by atoms with Crippen LogP contribution in [0.4, 0.5) is 0 Å². The van der Waals surface area contributed by atoms with Crippen LogP contribution in [0.1, 0.15) is 18.9 Å².